The fourth-order valence-electron chi connectivity index (χ4n) is 3.06. The Kier molecular flexibility index (Phi) is 3.57. The second-order valence-electron chi connectivity index (χ2n) is 6.51. The van der Waals surface area contributed by atoms with E-state index in [1.54, 1.807) is 0 Å². The largest absolute Gasteiger partial charge is 0.370 e. The van der Waals surface area contributed by atoms with E-state index in [1.165, 1.54) is 25.7 Å². The highest BCUT2D eigenvalue weighted by molar-refractivity contribution is 5.57. The Morgan fingerprint density at radius 1 is 1.10 bits per heavy atom. The molecule has 1 heterocycles. The van der Waals surface area contributed by atoms with Crippen LogP contribution in [0.4, 0.5) is 11.6 Å². The van der Waals surface area contributed by atoms with Crippen LogP contribution >= 0.6 is 0 Å². The number of aryl methyl sites for hydroxylation is 1. The van der Waals surface area contributed by atoms with Gasteiger partial charge in [-0.1, -0.05) is 6.92 Å². The van der Waals surface area contributed by atoms with Crippen molar-refractivity contribution in [2.75, 3.05) is 23.7 Å². The summed E-state index contributed by atoms with van der Waals surface area (Å²) in [5.74, 6) is 3.82. The van der Waals surface area contributed by atoms with Crippen molar-refractivity contribution in [3.63, 3.8) is 0 Å². The molecular formula is C16H26N4. The minimum atomic E-state index is 0.600. The molecule has 20 heavy (non-hydrogen) atoms. The monoisotopic (exact) mass is 274 g/mol. The first-order valence-electron chi connectivity index (χ1n) is 7.97. The molecule has 0 bridgehead atoms. The van der Waals surface area contributed by atoms with Gasteiger partial charge in [-0.05, 0) is 57.3 Å². The van der Waals surface area contributed by atoms with Crippen LogP contribution in [0.25, 0.3) is 0 Å². The highest BCUT2D eigenvalue weighted by Crippen LogP contribution is 2.61. The third kappa shape index (κ3) is 2.74. The summed E-state index contributed by atoms with van der Waals surface area (Å²) in [6.45, 7) is 8.29. The van der Waals surface area contributed by atoms with Gasteiger partial charge in [0.25, 0.3) is 0 Å². The Balaban J connectivity index is 1.70. The molecule has 0 atom stereocenters. The summed E-state index contributed by atoms with van der Waals surface area (Å²) in [6.07, 6.45) is 6.78. The molecule has 0 unspecified atom stereocenters. The highest BCUT2D eigenvalue weighted by Gasteiger charge is 2.53. The molecule has 2 saturated carbocycles. The quantitative estimate of drug-likeness (QED) is 0.799. The lowest BCUT2D eigenvalue weighted by atomic mass is 10.0. The van der Waals surface area contributed by atoms with E-state index < -0.39 is 0 Å². The summed E-state index contributed by atoms with van der Waals surface area (Å²) >= 11 is 0. The SMILES string of the molecule is CCCNc1nc(C)nc(NCC2(C3CC3)CC2)c1C. The smallest absolute Gasteiger partial charge is 0.134 e. The number of hydrogen-bond acceptors (Lipinski definition) is 4. The Hall–Kier alpha value is -1.32. The van der Waals surface area contributed by atoms with Crippen LogP contribution < -0.4 is 10.6 Å². The molecule has 4 nitrogen and oxygen atoms in total. The predicted molar refractivity (Wildman–Crippen MR) is 83.2 cm³/mol. The van der Waals surface area contributed by atoms with E-state index in [4.69, 9.17) is 0 Å². The summed E-state index contributed by atoms with van der Waals surface area (Å²) in [5.41, 5.74) is 1.75. The Morgan fingerprint density at radius 2 is 1.75 bits per heavy atom. The molecule has 0 aromatic carbocycles. The van der Waals surface area contributed by atoms with Crippen molar-refractivity contribution in [3.8, 4) is 0 Å². The second kappa shape index (κ2) is 5.23. The summed E-state index contributed by atoms with van der Waals surface area (Å²) in [4.78, 5) is 9.11. The fraction of sp³-hybridized carbons (Fsp3) is 0.750. The molecule has 2 fully saturated rings. The van der Waals surface area contributed by atoms with Gasteiger partial charge in [0.2, 0.25) is 0 Å². The maximum Gasteiger partial charge on any atom is 0.134 e. The zero-order valence-corrected chi connectivity index (χ0v) is 12.9. The average molecular weight is 274 g/mol. The lowest BCUT2D eigenvalue weighted by Crippen LogP contribution is -2.19. The molecule has 0 aliphatic heterocycles. The van der Waals surface area contributed by atoms with Gasteiger partial charge in [0.1, 0.15) is 17.5 Å². The lowest BCUT2D eigenvalue weighted by molar-refractivity contribution is 0.466. The number of aromatic nitrogens is 2. The van der Waals surface area contributed by atoms with Crippen LogP contribution in [0, 0.1) is 25.2 Å². The van der Waals surface area contributed by atoms with E-state index in [1.807, 2.05) is 6.92 Å². The Bertz CT molecular complexity index is 489. The maximum atomic E-state index is 4.59. The molecular weight excluding hydrogens is 248 g/mol. The van der Waals surface area contributed by atoms with Crippen molar-refractivity contribution in [1.29, 1.82) is 0 Å². The van der Waals surface area contributed by atoms with E-state index in [9.17, 15) is 0 Å². The summed E-state index contributed by atoms with van der Waals surface area (Å²) in [7, 11) is 0. The Morgan fingerprint density at radius 3 is 2.30 bits per heavy atom. The van der Waals surface area contributed by atoms with Gasteiger partial charge < -0.3 is 10.6 Å². The van der Waals surface area contributed by atoms with Gasteiger partial charge >= 0.3 is 0 Å². The van der Waals surface area contributed by atoms with E-state index in [2.05, 4.69) is 34.4 Å². The van der Waals surface area contributed by atoms with Gasteiger partial charge in [-0.2, -0.15) is 0 Å². The van der Waals surface area contributed by atoms with Crippen molar-refractivity contribution in [2.24, 2.45) is 11.3 Å². The first-order chi connectivity index (χ1) is 9.64. The molecule has 0 radical (unpaired) electrons. The van der Waals surface area contributed by atoms with E-state index >= 15 is 0 Å². The minimum absolute atomic E-state index is 0.600. The van der Waals surface area contributed by atoms with Crippen molar-refractivity contribution in [2.45, 2.75) is 52.9 Å². The summed E-state index contributed by atoms with van der Waals surface area (Å²) in [6, 6.07) is 0. The number of hydrogen-bond donors (Lipinski definition) is 2. The second-order valence-corrected chi connectivity index (χ2v) is 6.51. The molecule has 2 aliphatic rings. The van der Waals surface area contributed by atoms with Crippen LogP contribution in [0.3, 0.4) is 0 Å². The molecule has 2 aliphatic carbocycles. The summed E-state index contributed by atoms with van der Waals surface area (Å²) < 4.78 is 0. The lowest BCUT2D eigenvalue weighted by Gasteiger charge is -2.18. The van der Waals surface area contributed by atoms with E-state index in [0.717, 1.165) is 48.5 Å². The molecule has 4 heteroatoms. The normalized spacial score (nSPS) is 19.8. The number of anilines is 2. The van der Waals surface area contributed by atoms with Gasteiger partial charge in [-0.15, -0.1) is 0 Å². The molecule has 3 rings (SSSR count). The van der Waals surface area contributed by atoms with Crippen LogP contribution in [0.2, 0.25) is 0 Å². The first-order valence-corrected chi connectivity index (χ1v) is 7.97. The standard InChI is InChI=1S/C16H26N4/c1-4-9-17-14-11(2)15(20-12(3)19-14)18-10-16(7-8-16)13-5-6-13/h13H,4-10H2,1-3H3,(H2,17,18,19,20). The number of nitrogens with zero attached hydrogens (tertiary/aromatic N) is 2. The minimum Gasteiger partial charge on any atom is -0.370 e. The molecule has 0 amide bonds. The van der Waals surface area contributed by atoms with E-state index in [0.29, 0.717) is 5.41 Å². The van der Waals surface area contributed by atoms with Crippen molar-refractivity contribution < 1.29 is 0 Å². The zero-order valence-electron chi connectivity index (χ0n) is 12.9. The van der Waals surface area contributed by atoms with Gasteiger partial charge in [-0.3, -0.25) is 0 Å². The molecule has 110 valence electrons. The molecule has 0 saturated heterocycles. The van der Waals surface area contributed by atoms with E-state index in [-0.39, 0.29) is 0 Å². The van der Waals surface area contributed by atoms with Crippen LogP contribution in [0.15, 0.2) is 0 Å². The van der Waals surface area contributed by atoms with Crippen molar-refractivity contribution in [3.05, 3.63) is 11.4 Å². The topological polar surface area (TPSA) is 49.8 Å². The van der Waals surface area contributed by atoms with Gasteiger partial charge in [0.15, 0.2) is 0 Å². The molecule has 0 spiro atoms. The predicted octanol–water partition coefficient (Wildman–Crippen LogP) is 3.52. The maximum absolute atomic E-state index is 4.59. The zero-order chi connectivity index (χ0) is 14.2. The third-order valence-corrected chi connectivity index (χ3v) is 4.74. The van der Waals surface area contributed by atoms with Gasteiger partial charge in [0, 0.05) is 18.7 Å². The number of rotatable bonds is 7. The van der Waals surface area contributed by atoms with Crippen LogP contribution in [-0.4, -0.2) is 23.1 Å². The fourth-order valence-corrected chi connectivity index (χ4v) is 3.06. The molecule has 1 aromatic heterocycles. The molecule has 1 aromatic rings. The third-order valence-electron chi connectivity index (χ3n) is 4.74. The van der Waals surface area contributed by atoms with Gasteiger partial charge in [0.05, 0.1) is 0 Å². The van der Waals surface area contributed by atoms with Crippen LogP contribution in [0.5, 0.6) is 0 Å². The number of nitrogens with one attached hydrogen (secondary N) is 2. The summed E-state index contributed by atoms with van der Waals surface area (Å²) in [5, 5.41) is 7.00. The highest BCUT2D eigenvalue weighted by atomic mass is 15.1. The first kappa shape index (κ1) is 13.7. The van der Waals surface area contributed by atoms with Crippen LogP contribution in [0.1, 0.15) is 50.4 Å². The van der Waals surface area contributed by atoms with Crippen molar-refractivity contribution in [1.82, 2.24) is 9.97 Å². The average Bonchev–Trinajstić information content (AvgIpc) is 3.28. The van der Waals surface area contributed by atoms with Crippen molar-refractivity contribution >= 4 is 11.6 Å². The van der Waals surface area contributed by atoms with Gasteiger partial charge in [-0.25, -0.2) is 9.97 Å². The van der Waals surface area contributed by atoms with Crippen LogP contribution in [-0.2, 0) is 0 Å². The molecule has 2 N–H and O–H groups in total. The Labute approximate surface area is 121 Å².